The van der Waals surface area contributed by atoms with Crippen LogP contribution in [0, 0.1) is 5.82 Å². The maximum atomic E-state index is 14.5. The van der Waals surface area contributed by atoms with Gasteiger partial charge in [-0.2, -0.15) is 0 Å². The number of carbonyl (C=O) groups is 1. The molecule has 35 heavy (non-hydrogen) atoms. The molecule has 0 spiro atoms. The highest BCUT2D eigenvalue weighted by molar-refractivity contribution is 5.91. The van der Waals surface area contributed by atoms with E-state index in [2.05, 4.69) is 23.8 Å². The highest BCUT2D eigenvalue weighted by Gasteiger charge is 2.13. The number of benzene rings is 2. The molecule has 0 aliphatic carbocycles. The fraction of sp³-hybridized carbons (Fsp3) is 0.433. The molecular weight excluding hydrogens is 439 g/mol. The summed E-state index contributed by atoms with van der Waals surface area (Å²) in [7, 11) is 0. The average molecular weight is 477 g/mol. The molecule has 3 rings (SSSR count). The van der Waals surface area contributed by atoms with E-state index in [0.717, 1.165) is 55.2 Å². The van der Waals surface area contributed by atoms with Crippen molar-refractivity contribution in [3.63, 3.8) is 0 Å². The van der Waals surface area contributed by atoms with Crippen molar-refractivity contribution in [2.75, 3.05) is 0 Å². The zero-order valence-electron chi connectivity index (χ0n) is 21.1. The van der Waals surface area contributed by atoms with Crippen molar-refractivity contribution in [1.29, 1.82) is 0 Å². The smallest absolute Gasteiger partial charge is 0.343 e. The van der Waals surface area contributed by atoms with E-state index in [1.807, 2.05) is 18.5 Å². The van der Waals surface area contributed by atoms with Crippen LogP contribution in [-0.4, -0.2) is 15.9 Å². The molecule has 0 N–H and O–H groups in total. The molecule has 3 aromatic rings. The summed E-state index contributed by atoms with van der Waals surface area (Å²) in [4.78, 5) is 21.4. The first-order chi connectivity index (χ1) is 17.1. The van der Waals surface area contributed by atoms with Crippen LogP contribution in [-0.2, 0) is 12.8 Å². The van der Waals surface area contributed by atoms with Gasteiger partial charge in [0.15, 0.2) is 17.4 Å². The van der Waals surface area contributed by atoms with Gasteiger partial charge in [0.05, 0.1) is 5.56 Å². The molecule has 0 atom stereocenters. The second-order valence-electron chi connectivity index (χ2n) is 9.12. The Labute approximate surface area is 209 Å². The van der Waals surface area contributed by atoms with Gasteiger partial charge in [0.2, 0.25) is 0 Å². The third-order valence-corrected chi connectivity index (χ3v) is 6.17. The van der Waals surface area contributed by atoms with Gasteiger partial charge >= 0.3 is 5.97 Å². The lowest BCUT2D eigenvalue weighted by Gasteiger charge is -2.08. The molecule has 0 fully saturated rings. The van der Waals surface area contributed by atoms with Gasteiger partial charge in [0, 0.05) is 18.0 Å². The Kier molecular flexibility index (Phi) is 10.9. The number of unbranched alkanes of at least 4 members (excludes halogenated alkanes) is 7. The number of halogens is 1. The van der Waals surface area contributed by atoms with Crippen LogP contribution >= 0.6 is 0 Å². The van der Waals surface area contributed by atoms with Crippen molar-refractivity contribution < 1.29 is 13.9 Å². The SMILES string of the molecule is CCCCCCCCCc1ccc(OC(=O)c2ccc(-c3ncc(CCCC)cn3)cc2)c(F)c1. The van der Waals surface area contributed by atoms with Gasteiger partial charge in [-0.25, -0.2) is 19.2 Å². The second kappa shape index (κ2) is 14.3. The summed E-state index contributed by atoms with van der Waals surface area (Å²) in [5, 5.41) is 0. The van der Waals surface area contributed by atoms with E-state index < -0.39 is 11.8 Å². The van der Waals surface area contributed by atoms with E-state index in [4.69, 9.17) is 4.74 Å². The largest absolute Gasteiger partial charge is 0.420 e. The first-order valence-electron chi connectivity index (χ1n) is 13.0. The molecule has 0 aliphatic rings. The number of hydrogen-bond donors (Lipinski definition) is 0. The number of nitrogens with zero attached hydrogens (tertiary/aromatic N) is 2. The lowest BCUT2D eigenvalue weighted by atomic mass is 10.0. The van der Waals surface area contributed by atoms with Crippen LogP contribution in [0.1, 0.15) is 93.1 Å². The summed E-state index contributed by atoms with van der Waals surface area (Å²) in [6.45, 7) is 4.37. The number of ether oxygens (including phenoxy) is 1. The molecule has 0 radical (unpaired) electrons. The minimum atomic E-state index is -0.592. The van der Waals surface area contributed by atoms with Crippen molar-refractivity contribution in [1.82, 2.24) is 9.97 Å². The van der Waals surface area contributed by atoms with Crippen LogP contribution in [0.15, 0.2) is 54.9 Å². The molecule has 186 valence electrons. The van der Waals surface area contributed by atoms with Crippen molar-refractivity contribution in [3.8, 4) is 17.1 Å². The van der Waals surface area contributed by atoms with E-state index in [-0.39, 0.29) is 5.75 Å². The van der Waals surface area contributed by atoms with Gasteiger partial charge in [-0.1, -0.05) is 77.0 Å². The Morgan fingerprint density at radius 1 is 0.771 bits per heavy atom. The topological polar surface area (TPSA) is 52.1 Å². The van der Waals surface area contributed by atoms with Gasteiger partial charge in [0.1, 0.15) is 0 Å². The first-order valence-corrected chi connectivity index (χ1v) is 13.0. The molecule has 5 heteroatoms. The summed E-state index contributed by atoms with van der Waals surface area (Å²) in [6, 6.07) is 11.7. The van der Waals surface area contributed by atoms with Gasteiger partial charge in [0.25, 0.3) is 0 Å². The monoisotopic (exact) mass is 476 g/mol. The molecule has 0 saturated carbocycles. The normalized spacial score (nSPS) is 10.9. The zero-order valence-corrected chi connectivity index (χ0v) is 21.1. The summed E-state index contributed by atoms with van der Waals surface area (Å²) < 4.78 is 19.9. The zero-order chi connectivity index (χ0) is 24.9. The standard InChI is InChI=1S/C30H37FN2O2/c1-3-5-7-8-9-10-11-13-23-14-19-28(27(31)20-23)35-30(34)26-17-15-25(16-18-26)29-32-21-24(22-33-29)12-6-4-2/h14-22H,3-13H2,1-2H3. The van der Waals surface area contributed by atoms with E-state index in [1.165, 1.54) is 38.2 Å². The number of aryl methyl sites for hydroxylation is 2. The molecule has 2 aromatic carbocycles. The average Bonchev–Trinajstić information content (AvgIpc) is 2.89. The van der Waals surface area contributed by atoms with E-state index >= 15 is 0 Å². The highest BCUT2D eigenvalue weighted by atomic mass is 19.1. The number of rotatable bonds is 14. The van der Waals surface area contributed by atoms with Crippen molar-refractivity contribution in [3.05, 3.63) is 77.4 Å². The molecule has 0 saturated heterocycles. The Balaban J connectivity index is 1.51. The summed E-state index contributed by atoms with van der Waals surface area (Å²) in [6.07, 6.45) is 16.3. The van der Waals surface area contributed by atoms with Crippen LogP contribution in [0.2, 0.25) is 0 Å². The fourth-order valence-electron chi connectivity index (χ4n) is 4.00. The molecule has 0 amide bonds. The minimum absolute atomic E-state index is 0.0478. The van der Waals surface area contributed by atoms with Crippen LogP contribution in [0.25, 0.3) is 11.4 Å². The summed E-state index contributed by atoms with van der Waals surface area (Å²) >= 11 is 0. The highest BCUT2D eigenvalue weighted by Crippen LogP contribution is 2.22. The maximum Gasteiger partial charge on any atom is 0.343 e. The molecular formula is C30H37FN2O2. The van der Waals surface area contributed by atoms with Gasteiger partial charge in [-0.15, -0.1) is 0 Å². The quantitative estimate of drug-likeness (QED) is 0.134. The third kappa shape index (κ3) is 8.57. The molecule has 0 aliphatic heterocycles. The van der Waals surface area contributed by atoms with Crippen LogP contribution in [0.4, 0.5) is 4.39 Å². The van der Waals surface area contributed by atoms with Crippen LogP contribution in [0.3, 0.4) is 0 Å². The summed E-state index contributed by atoms with van der Waals surface area (Å²) in [5.41, 5.74) is 3.21. The Bertz CT molecular complexity index is 1050. The first kappa shape index (κ1) is 26.5. The van der Waals surface area contributed by atoms with E-state index in [0.29, 0.717) is 11.4 Å². The van der Waals surface area contributed by atoms with E-state index in [9.17, 15) is 9.18 Å². The second-order valence-corrected chi connectivity index (χ2v) is 9.12. The lowest BCUT2D eigenvalue weighted by Crippen LogP contribution is -2.09. The number of esters is 1. The predicted octanol–water partition coefficient (Wildman–Crippen LogP) is 8.14. The minimum Gasteiger partial charge on any atom is -0.420 e. The van der Waals surface area contributed by atoms with Gasteiger partial charge in [-0.3, -0.25) is 0 Å². The number of aromatic nitrogens is 2. The van der Waals surface area contributed by atoms with Crippen molar-refractivity contribution >= 4 is 5.97 Å². The number of carbonyl (C=O) groups excluding carboxylic acids is 1. The Morgan fingerprint density at radius 3 is 2.06 bits per heavy atom. The molecule has 0 unspecified atom stereocenters. The number of hydrogen-bond acceptors (Lipinski definition) is 4. The molecule has 1 aromatic heterocycles. The predicted molar refractivity (Wildman–Crippen MR) is 139 cm³/mol. The fourth-order valence-corrected chi connectivity index (χ4v) is 4.00. The van der Waals surface area contributed by atoms with Gasteiger partial charge in [-0.05, 0) is 61.1 Å². The lowest BCUT2D eigenvalue weighted by molar-refractivity contribution is 0.0728. The molecule has 0 bridgehead atoms. The van der Waals surface area contributed by atoms with Crippen molar-refractivity contribution in [2.24, 2.45) is 0 Å². The molecule has 4 nitrogen and oxygen atoms in total. The summed E-state index contributed by atoms with van der Waals surface area (Å²) in [5.74, 6) is -0.542. The van der Waals surface area contributed by atoms with Crippen LogP contribution in [0.5, 0.6) is 5.75 Å². The van der Waals surface area contributed by atoms with Crippen LogP contribution < -0.4 is 4.74 Å². The third-order valence-electron chi connectivity index (χ3n) is 6.17. The van der Waals surface area contributed by atoms with E-state index in [1.54, 1.807) is 30.3 Å². The van der Waals surface area contributed by atoms with Gasteiger partial charge < -0.3 is 4.74 Å². The Morgan fingerprint density at radius 2 is 1.40 bits per heavy atom. The Hall–Kier alpha value is -3.08. The molecule has 1 heterocycles. The van der Waals surface area contributed by atoms with Crippen molar-refractivity contribution in [2.45, 2.75) is 84.5 Å². The maximum absolute atomic E-state index is 14.5.